The zero-order valence-electron chi connectivity index (χ0n) is 34.3. The average molecular weight is 736 g/mol. The molecule has 52 heavy (non-hydrogen) atoms. The number of hydrogen-bond acceptors (Lipinski definition) is 8. The molecule has 0 aliphatic carbocycles. The summed E-state index contributed by atoms with van der Waals surface area (Å²) in [5.74, 6) is -0.201. The molecular formula is C43H81N3O6. The van der Waals surface area contributed by atoms with E-state index >= 15 is 0 Å². The van der Waals surface area contributed by atoms with Crippen LogP contribution in [0.1, 0.15) is 208 Å². The number of imidazole rings is 1. The maximum Gasteiger partial charge on any atom is 0.306 e. The van der Waals surface area contributed by atoms with Crippen molar-refractivity contribution in [2.75, 3.05) is 13.1 Å². The van der Waals surface area contributed by atoms with Gasteiger partial charge in [-0.1, -0.05) is 118 Å². The van der Waals surface area contributed by atoms with E-state index in [2.05, 4.69) is 44.5 Å². The predicted molar refractivity (Wildman–Crippen MR) is 213 cm³/mol. The van der Waals surface area contributed by atoms with Crippen LogP contribution in [0.25, 0.3) is 0 Å². The Morgan fingerprint density at radius 2 is 1.02 bits per heavy atom. The Hall–Kier alpha value is -1.97. The molecule has 0 saturated carbocycles. The number of ether oxygens (including phenoxy) is 2. The Bertz CT molecular complexity index is 905. The highest BCUT2D eigenvalue weighted by atomic mass is 16.5. The lowest BCUT2D eigenvalue weighted by molar-refractivity contribution is -0.150. The van der Waals surface area contributed by atoms with Crippen LogP contribution in [-0.2, 0) is 19.1 Å². The number of aliphatic hydroxyl groups excluding tert-OH is 2. The van der Waals surface area contributed by atoms with Crippen LogP contribution in [-0.4, -0.2) is 74.1 Å². The van der Waals surface area contributed by atoms with E-state index in [4.69, 9.17) is 9.47 Å². The van der Waals surface area contributed by atoms with Crippen LogP contribution >= 0.6 is 0 Å². The van der Waals surface area contributed by atoms with Gasteiger partial charge in [-0.05, 0) is 71.1 Å². The maximum absolute atomic E-state index is 12.4. The van der Waals surface area contributed by atoms with Gasteiger partial charge in [0.15, 0.2) is 0 Å². The SMILES string of the molecule is CCCCCCCCC(CC)OC(=O)CCCCCC(O)CN(CC(O)CCCCCC(=O)OC(CC)CCCCCCCC)C(C)n1ccnc1. The third-order valence-electron chi connectivity index (χ3n) is 10.5. The molecule has 0 aromatic carbocycles. The summed E-state index contributed by atoms with van der Waals surface area (Å²) in [7, 11) is 0. The van der Waals surface area contributed by atoms with Crippen molar-refractivity contribution in [2.45, 2.75) is 232 Å². The zero-order valence-corrected chi connectivity index (χ0v) is 34.3. The Balaban J connectivity index is 2.35. The largest absolute Gasteiger partial charge is 0.462 e. The molecule has 0 aliphatic heterocycles. The number of unbranched alkanes of at least 4 members (excludes halogenated alkanes) is 14. The summed E-state index contributed by atoms with van der Waals surface area (Å²) in [5.41, 5.74) is 0. The van der Waals surface area contributed by atoms with E-state index in [1.807, 2.05) is 10.8 Å². The summed E-state index contributed by atoms with van der Waals surface area (Å²) < 4.78 is 13.5. The highest BCUT2D eigenvalue weighted by molar-refractivity contribution is 5.69. The van der Waals surface area contributed by atoms with Crippen molar-refractivity contribution in [3.05, 3.63) is 18.7 Å². The van der Waals surface area contributed by atoms with Crippen molar-refractivity contribution < 1.29 is 29.3 Å². The lowest BCUT2D eigenvalue weighted by atomic mass is 10.1. The van der Waals surface area contributed by atoms with Crippen molar-refractivity contribution in [3.63, 3.8) is 0 Å². The van der Waals surface area contributed by atoms with Gasteiger partial charge in [-0.15, -0.1) is 0 Å². The maximum atomic E-state index is 12.4. The van der Waals surface area contributed by atoms with Crippen molar-refractivity contribution in [1.29, 1.82) is 0 Å². The van der Waals surface area contributed by atoms with Crippen LogP contribution in [0.5, 0.6) is 0 Å². The number of hydrogen-bond donors (Lipinski definition) is 2. The van der Waals surface area contributed by atoms with Crippen LogP contribution in [0.15, 0.2) is 18.7 Å². The molecule has 2 N–H and O–H groups in total. The van der Waals surface area contributed by atoms with Gasteiger partial charge >= 0.3 is 11.9 Å². The summed E-state index contributed by atoms with van der Waals surface area (Å²) in [6.07, 6.45) is 30.0. The summed E-state index contributed by atoms with van der Waals surface area (Å²) in [6.45, 7) is 11.6. The van der Waals surface area contributed by atoms with Gasteiger partial charge in [0.1, 0.15) is 12.2 Å². The second-order valence-electron chi connectivity index (χ2n) is 15.3. The predicted octanol–water partition coefficient (Wildman–Crippen LogP) is 10.5. The van der Waals surface area contributed by atoms with Gasteiger partial charge in [-0.3, -0.25) is 14.5 Å². The number of carbonyl (C=O) groups excluding carboxylic acids is 2. The molecule has 5 atom stereocenters. The number of carbonyl (C=O) groups is 2. The van der Waals surface area contributed by atoms with Crippen molar-refractivity contribution in [1.82, 2.24) is 14.5 Å². The average Bonchev–Trinajstić information content (AvgIpc) is 3.68. The zero-order chi connectivity index (χ0) is 38.2. The lowest BCUT2D eigenvalue weighted by Gasteiger charge is -2.33. The standard InChI is InChI=1S/C43H81N3O6/c1-6-10-12-14-16-22-28-40(8-3)51-42(49)30-24-18-20-26-38(47)34-46(37(5)45-33-32-44-36-45)35-39(48)27-21-19-25-31-43(50)52-41(9-4)29-23-17-15-13-11-7-2/h32-33,36-41,47-48H,6-31,34-35H2,1-5H3. The molecule has 1 rings (SSSR count). The highest BCUT2D eigenvalue weighted by Gasteiger charge is 2.22. The molecule has 0 fully saturated rings. The normalized spacial score (nSPS) is 14.6. The first-order chi connectivity index (χ1) is 25.2. The molecule has 0 spiro atoms. The van der Waals surface area contributed by atoms with Crippen LogP contribution < -0.4 is 0 Å². The minimum Gasteiger partial charge on any atom is -0.462 e. The smallest absolute Gasteiger partial charge is 0.306 e. The molecule has 5 unspecified atom stereocenters. The van der Waals surface area contributed by atoms with Crippen LogP contribution in [0.4, 0.5) is 0 Å². The third kappa shape index (κ3) is 25.1. The molecule has 0 aliphatic rings. The fourth-order valence-electron chi connectivity index (χ4n) is 6.92. The molecular weight excluding hydrogens is 654 g/mol. The number of rotatable bonds is 36. The van der Waals surface area contributed by atoms with Crippen LogP contribution in [0, 0.1) is 0 Å². The Morgan fingerprint density at radius 1 is 0.615 bits per heavy atom. The van der Waals surface area contributed by atoms with Gasteiger partial charge in [0.25, 0.3) is 0 Å². The third-order valence-corrected chi connectivity index (χ3v) is 10.5. The Labute approximate surface area is 319 Å². The first kappa shape index (κ1) is 48.0. The molecule has 1 heterocycles. The fraction of sp³-hybridized carbons (Fsp3) is 0.884. The summed E-state index contributed by atoms with van der Waals surface area (Å²) in [6, 6.07) is 0. The summed E-state index contributed by atoms with van der Waals surface area (Å²) in [4.78, 5) is 31.2. The second kappa shape index (κ2) is 32.5. The van der Waals surface area contributed by atoms with E-state index in [1.54, 1.807) is 12.5 Å². The summed E-state index contributed by atoms with van der Waals surface area (Å²) >= 11 is 0. The van der Waals surface area contributed by atoms with E-state index in [-0.39, 0.29) is 30.3 Å². The highest BCUT2D eigenvalue weighted by Crippen LogP contribution is 2.19. The molecule has 9 nitrogen and oxygen atoms in total. The Kier molecular flexibility index (Phi) is 30.0. The summed E-state index contributed by atoms with van der Waals surface area (Å²) in [5, 5.41) is 21.9. The van der Waals surface area contributed by atoms with Gasteiger partial charge in [0.05, 0.1) is 24.7 Å². The van der Waals surface area contributed by atoms with Gasteiger partial charge < -0.3 is 24.3 Å². The van der Waals surface area contributed by atoms with Crippen LogP contribution in [0.2, 0.25) is 0 Å². The number of esters is 2. The van der Waals surface area contributed by atoms with Gasteiger partial charge in [0, 0.05) is 38.3 Å². The molecule has 0 amide bonds. The molecule has 0 bridgehead atoms. The number of aromatic nitrogens is 2. The monoisotopic (exact) mass is 736 g/mol. The fourth-order valence-corrected chi connectivity index (χ4v) is 6.92. The quantitative estimate of drug-likeness (QED) is 0.0517. The molecule has 1 aromatic rings. The van der Waals surface area contributed by atoms with Gasteiger partial charge in [-0.25, -0.2) is 4.98 Å². The first-order valence-corrected chi connectivity index (χ1v) is 21.7. The first-order valence-electron chi connectivity index (χ1n) is 21.7. The van der Waals surface area contributed by atoms with Crippen molar-refractivity contribution in [2.24, 2.45) is 0 Å². The van der Waals surface area contributed by atoms with Gasteiger partial charge in [-0.2, -0.15) is 0 Å². The number of aliphatic hydroxyl groups is 2. The van der Waals surface area contributed by atoms with E-state index in [1.165, 1.54) is 64.2 Å². The topological polar surface area (TPSA) is 114 Å². The minimum atomic E-state index is -0.536. The molecule has 1 aromatic heterocycles. The lowest BCUT2D eigenvalue weighted by Crippen LogP contribution is -2.41. The van der Waals surface area contributed by atoms with E-state index in [9.17, 15) is 19.8 Å². The Morgan fingerprint density at radius 3 is 1.42 bits per heavy atom. The number of nitrogens with zero attached hydrogens (tertiary/aromatic N) is 3. The van der Waals surface area contributed by atoms with E-state index < -0.39 is 12.2 Å². The van der Waals surface area contributed by atoms with Gasteiger partial charge in [0.2, 0.25) is 0 Å². The minimum absolute atomic E-state index is 0.0289. The molecule has 0 saturated heterocycles. The van der Waals surface area contributed by atoms with E-state index in [0.29, 0.717) is 38.8 Å². The van der Waals surface area contributed by atoms with E-state index in [0.717, 1.165) is 77.0 Å². The second-order valence-corrected chi connectivity index (χ2v) is 15.3. The van der Waals surface area contributed by atoms with Crippen molar-refractivity contribution >= 4 is 11.9 Å². The van der Waals surface area contributed by atoms with Crippen molar-refractivity contribution in [3.8, 4) is 0 Å². The van der Waals surface area contributed by atoms with Crippen LogP contribution in [0.3, 0.4) is 0 Å². The molecule has 0 radical (unpaired) electrons. The molecule has 9 heteroatoms. The molecule has 304 valence electrons.